The Morgan fingerprint density at radius 3 is 2.57 bits per heavy atom. The molecule has 0 spiro atoms. The van der Waals surface area contributed by atoms with Crippen molar-refractivity contribution >= 4 is 11.8 Å². The second-order valence-corrected chi connectivity index (χ2v) is 6.63. The summed E-state index contributed by atoms with van der Waals surface area (Å²) in [5, 5.41) is 0. The Hall–Kier alpha value is -1.78. The standard InChI is InChI=1S/C16H25N3O2/c1-12-6-7-14(10-17-12)19-9-8-18(11-13(19)2)15(20)21-16(3,4)5/h6-7,10,13H,8-9,11H2,1-5H3/t13-/m1/s1. The summed E-state index contributed by atoms with van der Waals surface area (Å²) in [5.41, 5.74) is 1.67. The molecule has 1 amide bonds. The molecule has 1 saturated heterocycles. The van der Waals surface area contributed by atoms with Crippen molar-refractivity contribution < 1.29 is 9.53 Å². The topological polar surface area (TPSA) is 45.7 Å². The number of piperazine rings is 1. The van der Waals surface area contributed by atoms with E-state index in [2.05, 4.69) is 22.9 Å². The van der Waals surface area contributed by atoms with Gasteiger partial charge in [-0.25, -0.2) is 4.79 Å². The van der Waals surface area contributed by atoms with E-state index in [-0.39, 0.29) is 12.1 Å². The average Bonchev–Trinajstić information content (AvgIpc) is 2.38. The van der Waals surface area contributed by atoms with Crippen LogP contribution >= 0.6 is 0 Å². The van der Waals surface area contributed by atoms with Crippen LogP contribution in [-0.2, 0) is 4.74 Å². The van der Waals surface area contributed by atoms with Crippen molar-refractivity contribution in [1.29, 1.82) is 0 Å². The number of ether oxygens (including phenoxy) is 1. The predicted molar refractivity (Wildman–Crippen MR) is 83.6 cm³/mol. The van der Waals surface area contributed by atoms with Crippen LogP contribution in [0.1, 0.15) is 33.4 Å². The van der Waals surface area contributed by atoms with Crippen LogP contribution in [0.4, 0.5) is 10.5 Å². The number of anilines is 1. The van der Waals surface area contributed by atoms with Gasteiger partial charge < -0.3 is 14.5 Å². The molecule has 2 rings (SSSR count). The number of hydrogen-bond acceptors (Lipinski definition) is 4. The first kappa shape index (κ1) is 15.6. The normalized spacial score (nSPS) is 19.6. The number of nitrogens with zero attached hydrogens (tertiary/aromatic N) is 3. The monoisotopic (exact) mass is 291 g/mol. The van der Waals surface area contributed by atoms with Crippen molar-refractivity contribution in [2.24, 2.45) is 0 Å². The van der Waals surface area contributed by atoms with E-state index in [1.165, 1.54) is 0 Å². The third kappa shape index (κ3) is 4.09. The Labute approximate surface area is 126 Å². The van der Waals surface area contributed by atoms with E-state index in [1.807, 2.05) is 40.0 Å². The van der Waals surface area contributed by atoms with Gasteiger partial charge in [0, 0.05) is 31.4 Å². The van der Waals surface area contributed by atoms with Gasteiger partial charge in [0.15, 0.2) is 0 Å². The van der Waals surface area contributed by atoms with Crippen LogP contribution in [0.15, 0.2) is 18.3 Å². The lowest BCUT2D eigenvalue weighted by Gasteiger charge is -2.41. The molecule has 0 unspecified atom stereocenters. The highest BCUT2D eigenvalue weighted by atomic mass is 16.6. The zero-order chi connectivity index (χ0) is 15.6. The summed E-state index contributed by atoms with van der Waals surface area (Å²) in [7, 11) is 0. The highest BCUT2D eigenvalue weighted by Gasteiger charge is 2.29. The average molecular weight is 291 g/mol. The number of rotatable bonds is 1. The van der Waals surface area contributed by atoms with Crippen LogP contribution in [0.3, 0.4) is 0 Å². The van der Waals surface area contributed by atoms with Crippen molar-refractivity contribution in [1.82, 2.24) is 9.88 Å². The van der Waals surface area contributed by atoms with Crippen LogP contribution in [0.25, 0.3) is 0 Å². The quantitative estimate of drug-likeness (QED) is 0.798. The molecule has 1 aliphatic heterocycles. The number of aryl methyl sites for hydroxylation is 1. The minimum atomic E-state index is -0.446. The van der Waals surface area contributed by atoms with Gasteiger partial charge in [-0.05, 0) is 46.8 Å². The van der Waals surface area contributed by atoms with E-state index in [0.29, 0.717) is 13.1 Å². The Morgan fingerprint density at radius 1 is 1.33 bits per heavy atom. The van der Waals surface area contributed by atoms with E-state index in [4.69, 9.17) is 4.74 Å². The molecule has 21 heavy (non-hydrogen) atoms. The largest absolute Gasteiger partial charge is 0.444 e. The number of carbonyl (C=O) groups excluding carboxylic acids is 1. The van der Waals surface area contributed by atoms with Gasteiger partial charge in [-0.3, -0.25) is 4.98 Å². The first-order valence-corrected chi connectivity index (χ1v) is 7.43. The van der Waals surface area contributed by atoms with Crippen molar-refractivity contribution in [2.75, 3.05) is 24.5 Å². The van der Waals surface area contributed by atoms with Crippen molar-refractivity contribution in [2.45, 2.75) is 46.3 Å². The highest BCUT2D eigenvalue weighted by molar-refractivity contribution is 5.68. The Morgan fingerprint density at radius 2 is 2.05 bits per heavy atom. The maximum atomic E-state index is 12.1. The molecule has 0 radical (unpaired) electrons. The lowest BCUT2D eigenvalue weighted by atomic mass is 10.1. The summed E-state index contributed by atoms with van der Waals surface area (Å²) in [6, 6.07) is 4.35. The Kier molecular flexibility index (Phi) is 4.40. The number of hydrogen-bond donors (Lipinski definition) is 0. The molecule has 0 aromatic carbocycles. The minimum absolute atomic E-state index is 0.226. The molecule has 0 bridgehead atoms. The molecule has 5 nitrogen and oxygen atoms in total. The molecule has 1 aromatic rings. The molecule has 1 aliphatic rings. The molecule has 1 atom stereocenters. The van der Waals surface area contributed by atoms with Crippen LogP contribution in [0.2, 0.25) is 0 Å². The molecular weight excluding hydrogens is 266 g/mol. The lowest BCUT2D eigenvalue weighted by Crippen LogP contribution is -2.54. The van der Waals surface area contributed by atoms with E-state index in [0.717, 1.165) is 17.9 Å². The number of carbonyl (C=O) groups is 1. The van der Waals surface area contributed by atoms with Crippen molar-refractivity contribution in [3.63, 3.8) is 0 Å². The van der Waals surface area contributed by atoms with Gasteiger partial charge in [0.05, 0.1) is 11.9 Å². The summed E-state index contributed by atoms with van der Waals surface area (Å²) in [4.78, 5) is 20.5. The molecular formula is C16H25N3O2. The van der Waals surface area contributed by atoms with Gasteiger partial charge in [-0.2, -0.15) is 0 Å². The Bertz CT molecular complexity index is 493. The van der Waals surface area contributed by atoms with Gasteiger partial charge >= 0.3 is 6.09 Å². The minimum Gasteiger partial charge on any atom is -0.444 e. The van der Waals surface area contributed by atoms with Gasteiger partial charge in [0.25, 0.3) is 0 Å². The van der Waals surface area contributed by atoms with Crippen LogP contribution in [-0.4, -0.2) is 47.3 Å². The molecule has 1 aromatic heterocycles. The summed E-state index contributed by atoms with van der Waals surface area (Å²) < 4.78 is 5.44. The molecule has 0 N–H and O–H groups in total. The van der Waals surface area contributed by atoms with E-state index in [9.17, 15) is 4.79 Å². The lowest BCUT2D eigenvalue weighted by molar-refractivity contribution is 0.0219. The summed E-state index contributed by atoms with van der Waals surface area (Å²) >= 11 is 0. The summed E-state index contributed by atoms with van der Waals surface area (Å²) in [6.07, 6.45) is 1.67. The predicted octanol–water partition coefficient (Wildman–Crippen LogP) is 2.84. The van der Waals surface area contributed by atoms with Crippen molar-refractivity contribution in [3.8, 4) is 0 Å². The van der Waals surface area contributed by atoms with Crippen LogP contribution in [0, 0.1) is 6.92 Å². The fourth-order valence-electron chi connectivity index (χ4n) is 2.46. The maximum Gasteiger partial charge on any atom is 0.410 e. The van der Waals surface area contributed by atoms with E-state index in [1.54, 1.807) is 4.90 Å². The van der Waals surface area contributed by atoms with E-state index < -0.39 is 5.60 Å². The zero-order valence-corrected chi connectivity index (χ0v) is 13.6. The van der Waals surface area contributed by atoms with Crippen LogP contribution in [0.5, 0.6) is 0 Å². The molecule has 2 heterocycles. The maximum absolute atomic E-state index is 12.1. The molecule has 116 valence electrons. The third-order valence-electron chi connectivity index (χ3n) is 3.51. The fourth-order valence-corrected chi connectivity index (χ4v) is 2.46. The van der Waals surface area contributed by atoms with Gasteiger partial charge in [-0.1, -0.05) is 0 Å². The SMILES string of the molecule is Cc1ccc(N2CCN(C(=O)OC(C)(C)C)C[C@H]2C)cn1. The van der Waals surface area contributed by atoms with E-state index >= 15 is 0 Å². The van der Waals surface area contributed by atoms with Gasteiger partial charge in [0.2, 0.25) is 0 Å². The molecule has 0 aliphatic carbocycles. The number of aromatic nitrogens is 1. The second kappa shape index (κ2) is 5.92. The fraction of sp³-hybridized carbons (Fsp3) is 0.625. The van der Waals surface area contributed by atoms with Gasteiger partial charge in [-0.15, -0.1) is 0 Å². The highest BCUT2D eigenvalue weighted by Crippen LogP contribution is 2.21. The first-order valence-electron chi connectivity index (χ1n) is 7.43. The third-order valence-corrected chi connectivity index (χ3v) is 3.51. The zero-order valence-electron chi connectivity index (χ0n) is 13.6. The second-order valence-electron chi connectivity index (χ2n) is 6.63. The number of pyridine rings is 1. The molecule has 5 heteroatoms. The smallest absolute Gasteiger partial charge is 0.410 e. The Balaban J connectivity index is 1.99. The molecule has 1 fully saturated rings. The summed E-state index contributed by atoms with van der Waals surface area (Å²) in [5.74, 6) is 0. The van der Waals surface area contributed by atoms with Gasteiger partial charge in [0.1, 0.15) is 5.60 Å². The molecule has 0 saturated carbocycles. The number of amides is 1. The first-order chi connectivity index (χ1) is 9.76. The van der Waals surface area contributed by atoms with Crippen molar-refractivity contribution in [3.05, 3.63) is 24.0 Å². The van der Waals surface area contributed by atoms with Crippen LogP contribution < -0.4 is 4.90 Å². The summed E-state index contributed by atoms with van der Waals surface area (Å²) in [6.45, 7) is 11.9.